The van der Waals surface area contributed by atoms with Crippen LogP contribution in [0.25, 0.3) is 0 Å². The molecule has 0 unspecified atom stereocenters. The Hall–Kier alpha value is -2.02. The maximum Gasteiger partial charge on any atom is 2.00 e. The molecule has 0 aliphatic heterocycles. The fourth-order valence-electron chi connectivity index (χ4n) is 1.13. The molecule has 0 saturated heterocycles. The summed E-state index contributed by atoms with van der Waals surface area (Å²) in [6, 6.07) is 10.5. The maximum atomic E-state index is 11.7. The molecule has 0 amide bonds. The Balaban J connectivity index is -0.000000196. The maximum absolute atomic E-state index is 11.7. The predicted octanol–water partition coefficient (Wildman–Crippen LogP) is -0.0359. The number of halogens is 6. The Morgan fingerprint density at radius 2 is 0.939 bits per heavy atom. The zero-order chi connectivity index (χ0) is 23.8. The predicted molar refractivity (Wildman–Crippen MR) is 93.2 cm³/mol. The first-order chi connectivity index (χ1) is 13.4. The van der Waals surface area contributed by atoms with E-state index in [1.165, 1.54) is 0 Å². The molecule has 0 spiro atoms. The van der Waals surface area contributed by atoms with Crippen molar-refractivity contribution in [1.82, 2.24) is 9.97 Å². The van der Waals surface area contributed by atoms with E-state index in [9.17, 15) is 31.1 Å². The minimum atomic E-state index is -6.09. The number of ketones is 1. The van der Waals surface area contributed by atoms with E-state index in [2.05, 4.69) is 9.97 Å². The molecule has 0 aliphatic carbocycles. The number of alkyl halides is 6. The number of rotatable bonds is 2. The average Bonchev–Trinajstić information content (AvgIpc) is 2.60. The van der Waals surface area contributed by atoms with Gasteiger partial charge in [0, 0.05) is 12.4 Å². The van der Waals surface area contributed by atoms with Crippen molar-refractivity contribution >= 4 is 26.0 Å². The zero-order valence-electron chi connectivity index (χ0n) is 15.4. The second-order valence-corrected chi connectivity index (χ2v) is 7.30. The van der Waals surface area contributed by atoms with Crippen LogP contribution in [0.4, 0.5) is 26.3 Å². The van der Waals surface area contributed by atoms with Crippen LogP contribution in [0.5, 0.6) is 0 Å². The third kappa shape index (κ3) is 14.7. The van der Waals surface area contributed by atoms with Crippen molar-refractivity contribution in [3.05, 3.63) is 60.2 Å². The summed E-state index contributed by atoms with van der Waals surface area (Å²) < 4.78 is 118. The van der Waals surface area contributed by atoms with Crippen LogP contribution in [0.2, 0.25) is 0 Å². The van der Waals surface area contributed by atoms with Gasteiger partial charge in [-0.25, -0.2) is 16.8 Å². The van der Waals surface area contributed by atoms with Crippen LogP contribution in [0.1, 0.15) is 16.2 Å². The largest absolute Gasteiger partial charge is 2.00 e. The van der Waals surface area contributed by atoms with Crippen molar-refractivity contribution in [1.29, 1.82) is 0 Å². The number of hydrogen-bond acceptors (Lipinski definition) is 9. The van der Waals surface area contributed by atoms with E-state index in [1.807, 2.05) is 0 Å². The van der Waals surface area contributed by atoms with Crippen LogP contribution in [-0.2, 0) is 52.3 Å². The van der Waals surface area contributed by atoms with Crippen molar-refractivity contribution in [3.63, 3.8) is 0 Å². The van der Waals surface area contributed by atoms with Crippen molar-refractivity contribution in [2.75, 3.05) is 0 Å². The SMILES string of the molecule is O=C(c1ccccn1)c1ccccn1.O=S(=O)([O-])C(F)(F)F.O=S(=O)([O-])C(F)(F)F.[OH3+].[OH3+].[Pt+2]. The monoisotopic (exact) mass is 715 g/mol. The first-order valence-corrected chi connectivity index (χ1v) is 9.60. The van der Waals surface area contributed by atoms with E-state index in [4.69, 9.17) is 25.9 Å². The van der Waals surface area contributed by atoms with Crippen LogP contribution >= 0.6 is 0 Å². The molecule has 2 aromatic rings. The van der Waals surface area contributed by atoms with Gasteiger partial charge in [-0.2, -0.15) is 26.3 Å². The summed E-state index contributed by atoms with van der Waals surface area (Å²) in [6.45, 7) is 0. The number of pyridine rings is 2. The first-order valence-electron chi connectivity index (χ1n) is 6.79. The van der Waals surface area contributed by atoms with E-state index in [-0.39, 0.29) is 37.8 Å². The quantitative estimate of drug-likeness (QED) is 0.134. The van der Waals surface area contributed by atoms with Gasteiger partial charge in [0.1, 0.15) is 11.4 Å². The van der Waals surface area contributed by atoms with E-state index in [0.717, 1.165) is 0 Å². The Morgan fingerprint density at radius 3 is 1.09 bits per heavy atom. The molecule has 6 N–H and O–H groups in total. The molecular formula is C13H14F6N2O9PtS2+2. The molecule has 20 heteroatoms. The Morgan fingerprint density at radius 1 is 0.697 bits per heavy atom. The zero-order valence-corrected chi connectivity index (χ0v) is 19.3. The van der Waals surface area contributed by atoms with Crippen molar-refractivity contribution < 1.29 is 89.1 Å². The number of carbonyl (C=O) groups excluding carboxylic acids is 1. The molecule has 0 bridgehead atoms. The van der Waals surface area contributed by atoms with Crippen molar-refractivity contribution in [2.45, 2.75) is 11.0 Å². The number of nitrogens with zero attached hydrogens (tertiary/aromatic N) is 2. The summed E-state index contributed by atoms with van der Waals surface area (Å²) in [4.78, 5) is 19.7. The van der Waals surface area contributed by atoms with Crippen molar-refractivity contribution in [2.24, 2.45) is 0 Å². The average molecular weight is 715 g/mol. The molecule has 0 aliphatic rings. The standard InChI is InChI=1S/C11H8N2O.2CHF3O3S.2H2O.Pt/c14-11(9-5-1-3-7-12-9)10-6-2-4-8-13-10;2*2-1(3,4)8(5,6)7;;;/h1-8H;2*(H,5,6,7);2*1H2;/q;;;;;+2. The number of hydrogen-bond donors (Lipinski definition) is 0. The summed E-state index contributed by atoms with van der Waals surface area (Å²) in [5.74, 6) is -0.147. The summed E-state index contributed by atoms with van der Waals surface area (Å²) in [7, 11) is -12.2. The molecule has 0 fully saturated rings. The third-order valence-electron chi connectivity index (χ3n) is 2.36. The third-order valence-corrected chi connectivity index (χ3v) is 3.50. The Labute approximate surface area is 196 Å². The number of carbonyl (C=O) groups is 1. The van der Waals surface area contributed by atoms with Crippen molar-refractivity contribution in [3.8, 4) is 0 Å². The van der Waals surface area contributed by atoms with Gasteiger partial charge in [-0.1, -0.05) is 12.1 Å². The molecule has 11 nitrogen and oxygen atoms in total. The molecule has 2 heterocycles. The second-order valence-electron chi connectivity index (χ2n) is 4.56. The van der Waals surface area contributed by atoms with Gasteiger partial charge in [0.15, 0.2) is 20.2 Å². The Bertz CT molecular complexity index is 952. The molecule has 192 valence electrons. The molecular weight excluding hydrogens is 701 g/mol. The summed E-state index contributed by atoms with van der Waals surface area (Å²) in [5, 5.41) is 0. The van der Waals surface area contributed by atoms with E-state index < -0.39 is 31.3 Å². The van der Waals surface area contributed by atoms with Crippen LogP contribution in [0, 0.1) is 0 Å². The smallest absolute Gasteiger partial charge is 0.741 e. The van der Waals surface area contributed by atoms with E-state index >= 15 is 0 Å². The van der Waals surface area contributed by atoms with Crippen LogP contribution < -0.4 is 0 Å². The second kappa shape index (κ2) is 15.0. The molecule has 0 atom stereocenters. The summed E-state index contributed by atoms with van der Waals surface area (Å²) >= 11 is 0. The molecule has 0 radical (unpaired) electrons. The van der Waals surface area contributed by atoms with Crippen LogP contribution in [0.3, 0.4) is 0 Å². The minimum Gasteiger partial charge on any atom is -0.741 e. The minimum absolute atomic E-state index is 0. The van der Waals surface area contributed by atoms with E-state index in [0.29, 0.717) is 11.4 Å². The normalized spacial score (nSPS) is 10.9. The fourth-order valence-corrected chi connectivity index (χ4v) is 1.13. The van der Waals surface area contributed by atoms with E-state index in [1.54, 1.807) is 48.8 Å². The molecule has 0 saturated carbocycles. The summed E-state index contributed by atoms with van der Waals surface area (Å²) in [5.41, 5.74) is -10.4. The van der Waals surface area contributed by atoms with Gasteiger partial charge in [-0.3, -0.25) is 14.8 Å². The molecule has 2 rings (SSSR count). The van der Waals surface area contributed by atoms with Gasteiger partial charge >= 0.3 is 32.1 Å². The van der Waals surface area contributed by atoms with Crippen LogP contribution in [-0.4, -0.2) is 52.7 Å². The Kier molecular flexibility index (Phi) is 17.4. The van der Waals surface area contributed by atoms with Gasteiger partial charge in [-0.15, -0.1) is 0 Å². The van der Waals surface area contributed by atoms with Gasteiger partial charge in [0.2, 0.25) is 5.78 Å². The molecule has 2 aromatic heterocycles. The van der Waals surface area contributed by atoms with Crippen LogP contribution in [0.15, 0.2) is 48.8 Å². The number of aromatic nitrogens is 2. The fraction of sp³-hybridized carbons (Fsp3) is 0.154. The molecule has 33 heavy (non-hydrogen) atoms. The topological polar surface area (TPSA) is 223 Å². The van der Waals surface area contributed by atoms with Gasteiger partial charge in [0.05, 0.1) is 0 Å². The summed E-state index contributed by atoms with van der Waals surface area (Å²) in [6.07, 6.45) is 3.19. The van der Waals surface area contributed by atoms with Gasteiger partial charge in [-0.05, 0) is 24.3 Å². The van der Waals surface area contributed by atoms with Gasteiger partial charge < -0.3 is 20.1 Å². The molecule has 0 aromatic carbocycles. The van der Waals surface area contributed by atoms with Gasteiger partial charge in [0.25, 0.3) is 0 Å². The first kappa shape index (κ1) is 38.3.